The molecule has 0 atom stereocenters. The van der Waals surface area contributed by atoms with Crippen LogP contribution in [-0.2, 0) is 4.79 Å². The van der Waals surface area contributed by atoms with Gasteiger partial charge >= 0.3 is 0 Å². The van der Waals surface area contributed by atoms with Crippen LogP contribution < -0.4 is 15.5 Å². The maximum absolute atomic E-state index is 11.8. The molecule has 0 bridgehead atoms. The number of nitrogens with zero attached hydrogens (tertiary/aromatic N) is 2. The molecule has 0 aliphatic rings. The Kier molecular flexibility index (Phi) is 6.05. The number of hydrazone groups is 1. The first-order chi connectivity index (χ1) is 12.0. The molecule has 0 radical (unpaired) electrons. The number of amides is 1. The Hall–Kier alpha value is -3.42. The fourth-order valence-electron chi connectivity index (χ4n) is 1.99. The van der Waals surface area contributed by atoms with Crippen LogP contribution in [-0.4, -0.2) is 30.2 Å². The Bertz CT molecular complexity index is 787. The Morgan fingerprint density at radius 3 is 2.60 bits per heavy atom. The standard InChI is InChI=1S/C17H18N4O4/c1-12(13-4-3-5-15(10-13)21(23)24)19-20-17(22)11-18-14-6-8-16(25-2)9-7-14/h3-10,18H,11H2,1-2H3,(H,20,22)/b19-12+. The van der Waals surface area contributed by atoms with Gasteiger partial charge in [-0.1, -0.05) is 12.1 Å². The minimum Gasteiger partial charge on any atom is -0.497 e. The van der Waals surface area contributed by atoms with Gasteiger partial charge in [-0.2, -0.15) is 5.10 Å². The summed E-state index contributed by atoms with van der Waals surface area (Å²) in [6.45, 7) is 1.70. The van der Waals surface area contributed by atoms with E-state index in [1.807, 2.05) is 0 Å². The van der Waals surface area contributed by atoms with Gasteiger partial charge in [-0.25, -0.2) is 5.43 Å². The van der Waals surface area contributed by atoms with Crippen LogP contribution in [0, 0.1) is 10.1 Å². The third-order valence-electron chi connectivity index (χ3n) is 3.37. The molecule has 0 aliphatic carbocycles. The number of carbonyl (C=O) groups excluding carboxylic acids is 1. The Labute approximate surface area is 144 Å². The number of non-ortho nitro benzene ring substituents is 1. The number of nitro benzene ring substituents is 1. The predicted octanol–water partition coefficient (Wildman–Crippen LogP) is 2.56. The highest BCUT2D eigenvalue weighted by Gasteiger charge is 2.08. The highest BCUT2D eigenvalue weighted by molar-refractivity contribution is 5.99. The molecule has 0 spiro atoms. The van der Waals surface area contributed by atoms with E-state index in [9.17, 15) is 14.9 Å². The molecule has 2 N–H and O–H groups in total. The summed E-state index contributed by atoms with van der Waals surface area (Å²) in [4.78, 5) is 22.1. The zero-order chi connectivity index (χ0) is 18.2. The first-order valence-electron chi connectivity index (χ1n) is 7.45. The molecule has 8 heteroatoms. The molecular weight excluding hydrogens is 324 g/mol. The lowest BCUT2D eigenvalue weighted by atomic mass is 10.1. The van der Waals surface area contributed by atoms with E-state index in [0.717, 1.165) is 11.4 Å². The van der Waals surface area contributed by atoms with Gasteiger partial charge < -0.3 is 10.1 Å². The molecule has 0 unspecified atom stereocenters. The lowest BCUT2D eigenvalue weighted by Gasteiger charge is -2.07. The summed E-state index contributed by atoms with van der Waals surface area (Å²) in [5.41, 5.74) is 4.20. The fraction of sp³-hybridized carbons (Fsp3) is 0.176. The first kappa shape index (κ1) is 17.9. The molecule has 2 aromatic carbocycles. The second kappa shape index (κ2) is 8.44. The van der Waals surface area contributed by atoms with Crippen molar-refractivity contribution in [2.24, 2.45) is 5.10 Å². The number of methoxy groups -OCH3 is 1. The van der Waals surface area contributed by atoms with Gasteiger partial charge in [0.2, 0.25) is 0 Å². The SMILES string of the molecule is COc1ccc(NCC(=O)N/N=C(\C)c2cccc([N+](=O)[O-])c2)cc1. The van der Waals surface area contributed by atoms with E-state index < -0.39 is 4.92 Å². The molecular formula is C17H18N4O4. The number of hydrogen-bond acceptors (Lipinski definition) is 6. The molecule has 8 nitrogen and oxygen atoms in total. The van der Waals surface area contributed by atoms with Gasteiger partial charge in [0, 0.05) is 23.4 Å². The highest BCUT2D eigenvalue weighted by Crippen LogP contribution is 2.15. The van der Waals surface area contributed by atoms with Gasteiger partial charge in [0.05, 0.1) is 24.3 Å². The zero-order valence-corrected chi connectivity index (χ0v) is 13.9. The third-order valence-corrected chi connectivity index (χ3v) is 3.37. The van der Waals surface area contributed by atoms with Gasteiger partial charge in [-0.15, -0.1) is 0 Å². The van der Waals surface area contributed by atoms with E-state index in [2.05, 4.69) is 15.8 Å². The van der Waals surface area contributed by atoms with Crippen molar-refractivity contribution >= 4 is 23.0 Å². The summed E-state index contributed by atoms with van der Waals surface area (Å²) < 4.78 is 5.06. The number of carbonyl (C=O) groups is 1. The number of nitro groups is 1. The lowest BCUT2D eigenvalue weighted by molar-refractivity contribution is -0.384. The van der Waals surface area contributed by atoms with Crippen LogP contribution >= 0.6 is 0 Å². The van der Waals surface area contributed by atoms with E-state index in [1.165, 1.54) is 12.1 Å². The summed E-state index contributed by atoms with van der Waals surface area (Å²) in [6.07, 6.45) is 0. The van der Waals surface area contributed by atoms with Gasteiger partial charge in [-0.3, -0.25) is 14.9 Å². The van der Waals surface area contributed by atoms with E-state index in [-0.39, 0.29) is 18.1 Å². The Morgan fingerprint density at radius 2 is 1.96 bits per heavy atom. The van der Waals surface area contributed by atoms with Crippen LogP contribution in [0.2, 0.25) is 0 Å². The average molecular weight is 342 g/mol. The summed E-state index contributed by atoms with van der Waals surface area (Å²) in [7, 11) is 1.58. The summed E-state index contributed by atoms with van der Waals surface area (Å²) >= 11 is 0. The number of ether oxygens (including phenoxy) is 1. The molecule has 0 fully saturated rings. The molecule has 0 saturated heterocycles. The summed E-state index contributed by atoms with van der Waals surface area (Å²) in [5, 5.41) is 17.7. The highest BCUT2D eigenvalue weighted by atomic mass is 16.6. The monoisotopic (exact) mass is 342 g/mol. The normalized spacial score (nSPS) is 10.9. The number of anilines is 1. The van der Waals surface area contributed by atoms with Crippen molar-refractivity contribution in [1.29, 1.82) is 0 Å². The fourth-order valence-corrected chi connectivity index (χ4v) is 1.99. The maximum atomic E-state index is 11.8. The van der Waals surface area contributed by atoms with Crippen molar-refractivity contribution in [2.45, 2.75) is 6.92 Å². The smallest absolute Gasteiger partial charge is 0.270 e. The van der Waals surface area contributed by atoms with Crippen LogP contribution in [0.4, 0.5) is 11.4 Å². The van der Waals surface area contributed by atoms with Gasteiger partial charge in [-0.05, 0) is 31.2 Å². The van der Waals surface area contributed by atoms with Gasteiger partial charge in [0.1, 0.15) is 5.75 Å². The van der Waals surface area contributed by atoms with Crippen molar-refractivity contribution in [3.8, 4) is 5.75 Å². The van der Waals surface area contributed by atoms with Gasteiger partial charge in [0.25, 0.3) is 11.6 Å². The second-order valence-corrected chi connectivity index (χ2v) is 5.12. The Balaban J connectivity index is 1.90. The van der Waals surface area contributed by atoms with E-state index >= 15 is 0 Å². The minimum absolute atomic E-state index is 0.0282. The van der Waals surface area contributed by atoms with E-state index in [4.69, 9.17) is 4.74 Å². The molecule has 2 rings (SSSR count). The van der Waals surface area contributed by atoms with Crippen LogP contribution in [0.3, 0.4) is 0 Å². The molecule has 1 amide bonds. The largest absolute Gasteiger partial charge is 0.497 e. The van der Waals surface area contributed by atoms with Crippen molar-refractivity contribution < 1.29 is 14.5 Å². The number of benzene rings is 2. The summed E-state index contributed by atoms with van der Waals surface area (Å²) in [6, 6.07) is 13.2. The molecule has 0 saturated carbocycles. The van der Waals surface area contributed by atoms with E-state index in [0.29, 0.717) is 11.3 Å². The lowest BCUT2D eigenvalue weighted by Crippen LogP contribution is -2.26. The summed E-state index contributed by atoms with van der Waals surface area (Å²) in [5.74, 6) is 0.396. The van der Waals surface area contributed by atoms with Crippen LogP contribution in [0.5, 0.6) is 5.75 Å². The van der Waals surface area contributed by atoms with Crippen LogP contribution in [0.15, 0.2) is 53.6 Å². The van der Waals surface area contributed by atoms with Crippen LogP contribution in [0.25, 0.3) is 0 Å². The molecule has 0 aromatic heterocycles. The number of nitrogens with one attached hydrogen (secondary N) is 2. The van der Waals surface area contributed by atoms with E-state index in [1.54, 1.807) is 50.4 Å². The average Bonchev–Trinajstić information content (AvgIpc) is 2.64. The topological polar surface area (TPSA) is 106 Å². The van der Waals surface area contributed by atoms with Crippen molar-refractivity contribution in [2.75, 3.05) is 19.0 Å². The minimum atomic E-state index is -0.478. The molecule has 2 aromatic rings. The maximum Gasteiger partial charge on any atom is 0.270 e. The molecule has 0 aliphatic heterocycles. The predicted molar refractivity (Wildman–Crippen MR) is 94.9 cm³/mol. The zero-order valence-electron chi connectivity index (χ0n) is 13.9. The van der Waals surface area contributed by atoms with Gasteiger partial charge in [0.15, 0.2) is 0 Å². The third kappa shape index (κ3) is 5.31. The quantitative estimate of drug-likeness (QED) is 0.457. The number of rotatable bonds is 7. The Morgan fingerprint density at radius 1 is 1.24 bits per heavy atom. The first-order valence-corrected chi connectivity index (χ1v) is 7.45. The number of hydrogen-bond donors (Lipinski definition) is 2. The second-order valence-electron chi connectivity index (χ2n) is 5.12. The molecule has 130 valence electrons. The van der Waals surface area contributed by atoms with Crippen molar-refractivity contribution in [1.82, 2.24) is 5.43 Å². The molecule has 0 heterocycles. The van der Waals surface area contributed by atoms with Crippen LogP contribution in [0.1, 0.15) is 12.5 Å². The van der Waals surface area contributed by atoms with Crippen molar-refractivity contribution in [3.63, 3.8) is 0 Å². The van der Waals surface area contributed by atoms with Crippen molar-refractivity contribution in [3.05, 3.63) is 64.2 Å². The molecule has 25 heavy (non-hydrogen) atoms.